The minimum atomic E-state index is -4.86. The fraction of sp³-hybridized carbons (Fsp3) is 0.300. The van der Waals surface area contributed by atoms with Crippen LogP contribution < -0.4 is 5.32 Å². The van der Waals surface area contributed by atoms with E-state index in [9.17, 15) is 18.0 Å². The summed E-state index contributed by atoms with van der Waals surface area (Å²) in [6, 6.07) is 3.25. The van der Waals surface area contributed by atoms with Gasteiger partial charge in [-0.2, -0.15) is 13.2 Å². The maximum atomic E-state index is 12.0. The molecule has 1 aromatic rings. The molecule has 0 bridgehead atoms. The molecule has 88 valence electrons. The Bertz CT molecular complexity index is 429. The topological polar surface area (TPSA) is 29.1 Å². The quantitative estimate of drug-likeness (QED) is 0.778. The molecule has 1 N–H and O–H groups in total. The number of carbonyl (C=O) groups excluding carboxylic acids is 1. The number of rotatable bonds is 1. The molecule has 0 radical (unpaired) electrons. The van der Waals surface area contributed by atoms with E-state index >= 15 is 0 Å². The normalized spacial score (nSPS) is 11.4. The lowest BCUT2D eigenvalue weighted by molar-refractivity contribution is -0.167. The number of benzene rings is 1. The van der Waals surface area contributed by atoms with Crippen molar-refractivity contribution in [3.63, 3.8) is 0 Å². The Labute approximate surface area is 104 Å². The van der Waals surface area contributed by atoms with Crippen molar-refractivity contribution >= 4 is 34.2 Å². The van der Waals surface area contributed by atoms with E-state index in [4.69, 9.17) is 0 Å². The molecule has 1 rings (SSSR count). The number of aryl methyl sites for hydroxylation is 2. The van der Waals surface area contributed by atoms with E-state index < -0.39 is 12.1 Å². The highest BCUT2D eigenvalue weighted by molar-refractivity contribution is 14.1. The van der Waals surface area contributed by atoms with Crippen LogP contribution in [0.5, 0.6) is 0 Å². The van der Waals surface area contributed by atoms with Gasteiger partial charge in [-0.15, -0.1) is 0 Å². The highest BCUT2D eigenvalue weighted by Crippen LogP contribution is 2.24. The van der Waals surface area contributed by atoms with Gasteiger partial charge in [-0.3, -0.25) is 4.79 Å². The SMILES string of the molecule is Cc1cc(NC(=O)C(F)(F)F)c(C)cc1I. The molecule has 0 saturated carbocycles. The van der Waals surface area contributed by atoms with E-state index in [-0.39, 0.29) is 5.69 Å². The van der Waals surface area contributed by atoms with Crippen molar-refractivity contribution in [1.82, 2.24) is 0 Å². The summed E-state index contributed by atoms with van der Waals surface area (Å²) in [7, 11) is 0. The number of carbonyl (C=O) groups is 1. The standard InChI is InChI=1S/C10H9F3INO/c1-5-4-8(6(2)3-7(5)14)15-9(16)10(11,12)13/h3-4H,1-2H3,(H,15,16). The summed E-state index contributed by atoms with van der Waals surface area (Å²) in [6.45, 7) is 3.41. The highest BCUT2D eigenvalue weighted by Gasteiger charge is 2.38. The first-order valence-electron chi connectivity index (χ1n) is 4.36. The van der Waals surface area contributed by atoms with Gasteiger partial charge < -0.3 is 5.32 Å². The lowest BCUT2D eigenvalue weighted by Gasteiger charge is -2.12. The number of alkyl halides is 3. The Morgan fingerprint density at radius 2 is 1.81 bits per heavy atom. The molecule has 0 saturated heterocycles. The molecule has 0 heterocycles. The number of hydrogen-bond acceptors (Lipinski definition) is 1. The second kappa shape index (κ2) is 4.60. The molecule has 0 atom stereocenters. The van der Waals surface area contributed by atoms with Crippen LogP contribution in [0, 0.1) is 17.4 Å². The molecule has 1 amide bonds. The van der Waals surface area contributed by atoms with E-state index in [1.165, 1.54) is 6.07 Å². The average molecular weight is 343 g/mol. The first-order chi connectivity index (χ1) is 7.21. The van der Waals surface area contributed by atoms with Crippen LogP contribution in [0.4, 0.5) is 18.9 Å². The largest absolute Gasteiger partial charge is 0.471 e. The summed E-state index contributed by atoms with van der Waals surface area (Å²) in [5, 5.41) is 1.85. The van der Waals surface area contributed by atoms with Crippen molar-refractivity contribution in [1.29, 1.82) is 0 Å². The highest BCUT2D eigenvalue weighted by atomic mass is 127. The molecule has 0 aromatic heterocycles. The molecule has 0 aliphatic carbocycles. The number of halogens is 4. The zero-order valence-electron chi connectivity index (χ0n) is 8.57. The van der Waals surface area contributed by atoms with Crippen LogP contribution in [0.15, 0.2) is 12.1 Å². The van der Waals surface area contributed by atoms with E-state index in [1.807, 2.05) is 5.32 Å². The summed E-state index contributed by atoms with van der Waals surface area (Å²) in [5.74, 6) is -1.95. The van der Waals surface area contributed by atoms with Gasteiger partial charge in [0.15, 0.2) is 0 Å². The van der Waals surface area contributed by atoms with Crippen LogP contribution in [0.25, 0.3) is 0 Å². The molecular formula is C10H9F3INO. The maximum Gasteiger partial charge on any atom is 0.471 e. The van der Waals surface area contributed by atoms with Gasteiger partial charge >= 0.3 is 12.1 Å². The lowest BCUT2D eigenvalue weighted by Crippen LogP contribution is -2.30. The van der Waals surface area contributed by atoms with Gasteiger partial charge in [0.2, 0.25) is 0 Å². The van der Waals surface area contributed by atoms with Gasteiger partial charge in [-0.05, 0) is 59.7 Å². The maximum absolute atomic E-state index is 12.0. The van der Waals surface area contributed by atoms with Gasteiger partial charge in [-0.1, -0.05) is 0 Å². The summed E-state index contributed by atoms with van der Waals surface area (Å²) in [5.41, 5.74) is 1.62. The second-order valence-electron chi connectivity index (χ2n) is 3.37. The third-order valence-corrected chi connectivity index (χ3v) is 3.17. The lowest BCUT2D eigenvalue weighted by atomic mass is 10.1. The Kier molecular flexibility index (Phi) is 3.82. The Morgan fingerprint density at radius 3 is 2.31 bits per heavy atom. The van der Waals surface area contributed by atoms with Crippen molar-refractivity contribution in [2.24, 2.45) is 0 Å². The van der Waals surface area contributed by atoms with E-state index in [2.05, 4.69) is 22.6 Å². The molecule has 2 nitrogen and oxygen atoms in total. The smallest absolute Gasteiger partial charge is 0.318 e. The molecule has 0 aliphatic heterocycles. The van der Waals surface area contributed by atoms with Crippen molar-refractivity contribution in [2.45, 2.75) is 20.0 Å². The van der Waals surface area contributed by atoms with Crippen LogP contribution in [-0.4, -0.2) is 12.1 Å². The number of amides is 1. The van der Waals surface area contributed by atoms with E-state index in [0.717, 1.165) is 9.13 Å². The summed E-state index contributed by atoms with van der Waals surface area (Å²) >= 11 is 2.08. The summed E-state index contributed by atoms with van der Waals surface area (Å²) < 4.78 is 37.0. The van der Waals surface area contributed by atoms with Crippen LogP contribution in [-0.2, 0) is 4.79 Å². The average Bonchev–Trinajstić information content (AvgIpc) is 2.12. The number of nitrogens with one attached hydrogen (secondary N) is 1. The van der Waals surface area contributed by atoms with Crippen molar-refractivity contribution in [3.05, 3.63) is 26.8 Å². The van der Waals surface area contributed by atoms with Gasteiger partial charge in [0.25, 0.3) is 0 Å². The van der Waals surface area contributed by atoms with Crippen molar-refractivity contribution in [2.75, 3.05) is 5.32 Å². The summed E-state index contributed by atoms with van der Waals surface area (Å²) in [4.78, 5) is 10.7. The third kappa shape index (κ3) is 3.10. The van der Waals surface area contributed by atoms with Crippen LogP contribution in [0.3, 0.4) is 0 Å². The van der Waals surface area contributed by atoms with E-state index in [0.29, 0.717) is 5.56 Å². The van der Waals surface area contributed by atoms with Crippen LogP contribution in [0.2, 0.25) is 0 Å². The zero-order chi connectivity index (χ0) is 12.5. The molecule has 0 unspecified atom stereocenters. The first kappa shape index (κ1) is 13.3. The molecule has 1 aromatic carbocycles. The monoisotopic (exact) mass is 343 g/mol. The molecule has 0 spiro atoms. The minimum Gasteiger partial charge on any atom is -0.318 e. The van der Waals surface area contributed by atoms with Gasteiger partial charge in [0.1, 0.15) is 0 Å². The second-order valence-corrected chi connectivity index (χ2v) is 4.53. The summed E-state index contributed by atoms with van der Waals surface area (Å²) in [6.07, 6.45) is -4.86. The molecule has 6 heteroatoms. The molecular weight excluding hydrogens is 334 g/mol. The predicted molar refractivity (Wildman–Crippen MR) is 63.3 cm³/mol. The van der Waals surface area contributed by atoms with Gasteiger partial charge in [-0.25, -0.2) is 0 Å². The Balaban J connectivity index is 2.99. The Morgan fingerprint density at radius 1 is 1.25 bits per heavy atom. The Hall–Kier alpha value is -0.790. The molecule has 0 aliphatic rings. The van der Waals surface area contributed by atoms with Gasteiger partial charge in [0, 0.05) is 9.26 Å². The van der Waals surface area contributed by atoms with E-state index in [1.54, 1.807) is 19.9 Å². The predicted octanol–water partition coefficient (Wildman–Crippen LogP) is 3.41. The van der Waals surface area contributed by atoms with Crippen LogP contribution >= 0.6 is 22.6 Å². The fourth-order valence-electron chi connectivity index (χ4n) is 1.11. The zero-order valence-corrected chi connectivity index (χ0v) is 10.7. The molecule has 0 fully saturated rings. The minimum absolute atomic E-state index is 0.195. The third-order valence-electron chi connectivity index (χ3n) is 2.01. The van der Waals surface area contributed by atoms with Crippen LogP contribution in [0.1, 0.15) is 11.1 Å². The molecule has 16 heavy (non-hydrogen) atoms. The van der Waals surface area contributed by atoms with Gasteiger partial charge in [0.05, 0.1) is 0 Å². The fourth-order valence-corrected chi connectivity index (χ4v) is 1.73. The number of anilines is 1. The number of hydrogen-bond donors (Lipinski definition) is 1. The first-order valence-corrected chi connectivity index (χ1v) is 5.44. The van der Waals surface area contributed by atoms with Crippen molar-refractivity contribution in [3.8, 4) is 0 Å². The van der Waals surface area contributed by atoms with Crippen molar-refractivity contribution < 1.29 is 18.0 Å².